The third kappa shape index (κ3) is 3.72. The first kappa shape index (κ1) is 12.9. The zero-order valence-corrected chi connectivity index (χ0v) is 11.1. The first-order chi connectivity index (χ1) is 8.75. The molecule has 0 saturated heterocycles. The van der Waals surface area contributed by atoms with Crippen molar-refractivity contribution >= 4 is 0 Å². The predicted molar refractivity (Wildman–Crippen MR) is 76.0 cm³/mol. The van der Waals surface area contributed by atoms with Crippen molar-refractivity contribution in [1.29, 1.82) is 0 Å². The summed E-state index contributed by atoms with van der Waals surface area (Å²) in [6, 6.07) is 12.5. The zero-order valence-electron chi connectivity index (χ0n) is 11.1. The molecule has 1 aromatic heterocycles. The molecule has 0 bridgehead atoms. The van der Waals surface area contributed by atoms with E-state index in [0.29, 0.717) is 0 Å². The predicted octanol–water partition coefficient (Wildman–Crippen LogP) is 2.13. The highest BCUT2D eigenvalue weighted by atomic mass is 15.1. The van der Waals surface area contributed by atoms with Crippen LogP contribution in [0.3, 0.4) is 0 Å². The number of nitrogens with zero attached hydrogens (tertiary/aromatic N) is 2. The topological polar surface area (TPSA) is 20.2 Å². The molecule has 0 aliphatic rings. The number of benzene rings is 1. The monoisotopic (exact) mass is 243 g/mol. The first-order valence-electron chi connectivity index (χ1n) is 6.33. The van der Waals surface area contributed by atoms with Crippen LogP contribution in [0.15, 0.2) is 48.8 Å². The van der Waals surface area contributed by atoms with Crippen LogP contribution in [0.1, 0.15) is 5.56 Å². The van der Waals surface area contributed by atoms with E-state index in [-0.39, 0.29) is 0 Å². The van der Waals surface area contributed by atoms with Crippen LogP contribution in [0.2, 0.25) is 0 Å². The minimum absolute atomic E-state index is 0.924. The van der Waals surface area contributed by atoms with Crippen molar-refractivity contribution in [2.45, 2.75) is 6.54 Å². The SMILES string of the molecule is CN(C)CCNCc1ccn(-c2ccccc2)c1. The Bertz CT molecular complexity index is 460. The van der Waals surface area contributed by atoms with Gasteiger partial charge in [-0.15, -0.1) is 0 Å². The van der Waals surface area contributed by atoms with Crippen LogP contribution < -0.4 is 5.32 Å². The largest absolute Gasteiger partial charge is 0.324 e. The van der Waals surface area contributed by atoms with E-state index in [1.54, 1.807) is 0 Å². The van der Waals surface area contributed by atoms with Crippen LogP contribution in [0.25, 0.3) is 5.69 Å². The van der Waals surface area contributed by atoms with Crippen LogP contribution in [0.5, 0.6) is 0 Å². The van der Waals surface area contributed by atoms with Gasteiger partial charge < -0.3 is 14.8 Å². The standard InChI is InChI=1S/C15H21N3/c1-17(2)11-9-16-12-14-8-10-18(13-14)15-6-4-3-5-7-15/h3-8,10,13,16H,9,11-12H2,1-2H3. The summed E-state index contributed by atoms with van der Waals surface area (Å²) >= 11 is 0. The highest BCUT2D eigenvalue weighted by Gasteiger charge is 1.98. The summed E-state index contributed by atoms with van der Waals surface area (Å²) < 4.78 is 2.16. The molecule has 0 fully saturated rings. The Morgan fingerprint density at radius 1 is 1.11 bits per heavy atom. The normalized spacial score (nSPS) is 11.1. The van der Waals surface area contributed by atoms with Gasteiger partial charge in [-0.3, -0.25) is 0 Å². The number of likely N-dealkylation sites (N-methyl/N-ethyl adjacent to an activating group) is 1. The molecule has 2 aromatic rings. The van der Waals surface area contributed by atoms with Crippen molar-refractivity contribution in [3.05, 3.63) is 54.4 Å². The highest BCUT2D eigenvalue weighted by molar-refractivity contribution is 5.33. The van der Waals surface area contributed by atoms with Gasteiger partial charge >= 0.3 is 0 Å². The summed E-state index contributed by atoms with van der Waals surface area (Å²) in [5.41, 5.74) is 2.52. The lowest BCUT2D eigenvalue weighted by Gasteiger charge is -2.09. The second-order valence-electron chi connectivity index (χ2n) is 4.74. The molecule has 0 aliphatic carbocycles. The van der Waals surface area contributed by atoms with Crippen LogP contribution in [-0.2, 0) is 6.54 Å². The van der Waals surface area contributed by atoms with Gasteiger partial charge in [0.1, 0.15) is 0 Å². The van der Waals surface area contributed by atoms with Crippen molar-refractivity contribution in [1.82, 2.24) is 14.8 Å². The van der Waals surface area contributed by atoms with E-state index >= 15 is 0 Å². The minimum Gasteiger partial charge on any atom is -0.324 e. The van der Waals surface area contributed by atoms with Gasteiger partial charge in [0.25, 0.3) is 0 Å². The number of hydrogen-bond donors (Lipinski definition) is 1. The molecule has 3 heteroatoms. The van der Waals surface area contributed by atoms with Gasteiger partial charge in [-0.05, 0) is 37.9 Å². The van der Waals surface area contributed by atoms with Gasteiger partial charge in [0.2, 0.25) is 0 Å². The smallest absolute Gasteiger partial charge is 0.0449 e. The van der Waals surface area contributed by atoms with E-state index in [1.807, 2.05) is 6.07 Å². The van der Waals surface area contributed by atoms with E-state index in [1.165, 1.54) is 11.3 Å². The molecule has 0 saturated carbocycles. The van der Waals surface area contributed by atoms with Gasteiger partial charge in [0.15, 0.2) is 0 Å². The van der Waals surface area contributed by atoms with Gasteiger partial charge in [-0.1, -0.05) is 18.2 Å². The second-order valence-corrected chi connectivity index (χ2v) is 4.74. The molecule has 0 radical (unpaired) electrons. The first-order valence-corrected chi connectivity index (χ1v) is 6.33. The van der Waals surface area contributed by atoms with Crippen molar-refractivity contribution in [2.24, 2.45) is 0 Å². The molecular formula is C15H21N3. The fraction of sp³-hybridized carbons (Fsp3) is 0.333. The molecule has 1 N–H and O–H groups in total. The van der Waals surface area contributed by atoms with Crippen molar-refractivity contribution in [2.75, 3.05) is 27.2 Å². The molecule has 2 rings (SSSR count). The average Bonchev–Trinajstić information content (AvgIpc) is 2.84. The molecule has 1 heterocycles. The summed E-state index contributed by atoms with van der Waals surface area (Å²) in [5, 5.41) is 3.44. The summed E-state index contributed by atoms with van der Waals surface area (Å²) in [4.78, 5) is 2.18. The Hall–Kier alpha value is -1.58. The van der Waals surface area contributed by atoms with E-state index in [4.69, 9.17) is 0 Å². The van der Waals surface area contributed by atoms with Crippen LogP contribution in [0, 0.1) is 0 Å². The van der Waals surface area contributed by atoms with Crippen LogP contribution in [0.4, 0.5) is 0 Å². The minimum atomic E-state index is 0.924. The number of rotatable bonds is 6. The fourth-order valence-corrected chi connectivity index (χ4v) is 1.84. The Balaban J connectivity index is 1.87. The number of hydrogen-bond acceptors (Lipinski definition) is 2. The van der Waals surface area contributed by atoms with E-state index in [2.05, 4.69) is 71.6 Å². The summed E-state index contributed by atoms with van der Waals surface area (Å²) in [7, 11) is 4.18. The highest BCUT2D eigenvalue weighted by Crippen LogP contribution is 2.09. The molecule has 0 unspecified atom stereocenters. The lowest BCUT2D eigenvalue weighted by molar-refractivity contribution is 0.400. The lowest BCUT2D eigenvalue weighted by atomic mass is 10.3. The number of para-hydroxylation sites is 1. The molecule has 0 atom stereocenters. The fourth-order valence-electron chi connectivity index (χ4n) is 1.84. The van der Waals surface area contributed by atoms with E-state index in [0.717, 1.165) is 19.6 Å². The summed E-state index contributed by atoms with van der Waals surface area (Å²) in [5.74, 6) is 0. The third-order valence-electron chi connectivity index (χ3n) is 2.87. The van der Waals surface area contributed by atoms with Crippen molar-refractivity contribution < 1.29 is 0 Å². The molecule has 0 amide bonds. The summed E-state index contributed by atoms with van der Waals surface area (Å²) in [6.07, 6.45) is 4.29. The zero-order chi connectivity index (χ0) is 12.8. The molecule has 3 nitrogen and oxygen atoms in total. The lowest BCUT2D eigenvalue weighted by Crippen LogP contribution is -2.26. The Kier molecular flexibility index (Phi) is 4.56. The molecule has 0 aliphatic heterocycles. The molecule has 18 heavy (non-hydrogen) atoms. The second kappa shape index (κ2) is 6.38. The molecular weight excluding hydrogens is 222 g/mol. The van der Waals surface area contributed by atoms with Gasteiger partial charge in [0.05, 0.1) is 0 Å². The van der Waals surface area contributed by atoms with E-state index < -0.39 is 0 Å². The maximum absolute atomic E-state index is 3.44. The Labute approximate surface area is 109 Å². The number of nitrogens with one attached hydrogen (secondary N) is 1. The van der Waals surface area contributed by atoms with Gasteiger partial charge in [0, 0.05) is 37.7 Å². The van der Waals surface area contributed by atoms with E-state index in [9.17, 15) is 0 Å². The third-order valence-corrected chi connectivity index (χ3v) is 2.87. The van der Waals surface area contributed by atoms with Crippen molar-refractivity contribution in [3.8, 4) is 5.69 Å². The Morgan fingerprint density at radius 3 is 2.61 bits per heavy atom. The number of aromatic nitrogens is 1. The molecule has 0 spiro atoms. The Morgan fingerprint density at radius 2 is 1.89 bits per heavy atom. The van der Waals surface area contributed by atoms with Crippen molar-refractivity contribution in [3.63, 3.8) is 0 Å². The molecule has 1 aromatic carbocycles. The average molecular weight is 243 g/mol. The quantitative estimate of drug-likeness (QED) is 0.784. The maximum Gasteiger partial charge on any atom is 0.0449 e. The van der Waals surface area contributed by atoms with Crippen LogP contribution >= 0.6 is 0 Å². The maximum atomic E-state index is 3.44. The van der Waals surface area contributed by atoms with Crippen LogP contribution in [-0.4, -0.2) is 36.7 Å². The van der Waals surface area contributed by atoms with Gasteiger partial charge in [-0.2, -0.15) is 0 Å². The van der Waals surface area contributed by atoms with Gasteiger partial charge in [-0.25, -0.2) is 0 Å². The summed E-state index contributed by atoms with van der Waals surface area (Å²) in [6.45, 7) is 3.01. The molecule has 96 valence electrons.